The lowest BCUT2D eigenvalue weighted by Crippen LogP contribution is -2.30. The van der Waals surface area contributed by atoms with Gasteiger partial charge in [0.25, 0.3) is 5.78 Å². The second-order valence-corrected chi connectivity index (χ2v) is 7.62. The van der Waals surface area contributed by atoms with E-state index in [0.29, 0.717) is 5.78 Å². The van der Waals surface area contributed by atoms with Gasteiger partial charge < -0.3 is 10.1 Å². The van der Waals surface area contributed by atoms with Gasteiger partial charge in [0.15, 0.2) is 0 Å². The van der Waals surface area contributed by atoms with E-state index in [4.69, 9.17) is 4.74 Å². The van der Waals surface area contributed by atoms with Gasteiger partial charge in [0.2, 0.25) is 0 Å². The van der Waals surface area contributed by atoms with Crippen molar-refractivity contribution in [3.05, 3.63) is 10.4 Å². The number of nitrogens with zero attached hydrogens (tertiary/aromatic N) is 6. The molecule has 3 aromatic heterocycles. The highest BCUT2D eigenvalue weighted by atomic mass is 32.1. The van der Waals surface area contributed by atoms with Crippen LogP contribution < -0.4 is 5.32 Å². The van der Waals surface area contributed by atoms with Crippen LogP contribution in [0.4, 0.5) is 5.82 Å². The van der Waals surface area contributed by atoms with E-state index in [1.54, 1.807) is 15.9 Å². The van der Waals surface area contributed by atoms with E-state index >= 15 is 0 Å². The van der Waals surface area contributed by atoms with Crippen LogP contribution in [0.25, 0.3) is 16.0 Å². The van der Waals surface area contributed by atoms with Crippen LogP contribution in [-0.2, 0) is 17.7 Å². The van der Waals surface area contributed by atoms with Crippen LogP contribution in [0.15, 0.2) is 0 Å². The molecule has 0 saturated carbocycles. The molecule has 0 radical (unpaired) electrons. The van der Waals surface area contributed by atoms with E-state index in [-0.39, 0.29) is 0 Å². The summed E-state index contributed by atoms with van der Waals surface area (Å²) in [5.74, 6) is 1.45. The average Bonchev–Trinajstić information content (AvgIpc) is 3.25. The largest absolute Gasteiger partial charge is 0.382 e. The quantitative estimate of drug-likeness (QED) is 0.605. The van der Waals surface area contributed by atoms with Crippen molar-refractivity contribution in [2.75, 3.05) is 38.2 Å². The summed E-state index contributed by atoms with van der Waals surface area (Å²) in [4.78, 5) is 9.72. The summed E-state index contributed by atoms with van der Waals surface area (Å²) in [5.41, 5.74) is 1.41. The lowest BCUT2D eigenvalue weighted by atomic mass is 10.0. The zero-order chi connectivity index (χ0) is 17.9. The normalized spacial score (nSPS) is 15.0. The minimum absolute atomic E-state index is 0.550. The monoisotopic (exact) mass is 375 g/mol. The molecule has 1 aliphatic heterocycles. The van der Waals surface area contributed by atoms with E-state index in [2.05, 4.69) is 37.6 Å². The van der Waals surface area contributed by atoms with Crippen molar-refractivity contribution < 1.29 is 4.74 Å². The standard InChI is InChI=1S/C17H25N7OS/c1-3-8-23-9-6-12-13(11-23)26-16-14(12)15(18-7-5-10-25-4-2)19-17-20-21-22-24(16)17/h3-11H2,1-2H3,(H,18,19,20,22). The number of aromatic nitrogens is 5. The number of anilines is 1. The minimum Gasteiger partial charge on any atom is -0.382 e. The lowest BCUT2D eigenvalue weighted by Gasteiger charge is -2.26. The van der Waals surface area contributed by atoms with Crippen LogP contribution in [-0.4, -0.2) is 62.8 Å². The molecule has 140 valence electrons. The van der Waals surface area contributed by atoms with Gasteiger partial charge in [0.05, 0.1) is 5.39 Å². The number of thiophene rings is 1. The van der Waals surface area contributed by atoms with Gasteiger partial charge in [-0.05, 0) is 48.7 Å². The fourth-order valence-corrected chi connectivity index (χ4v) is 4.87. The highest BCUT2D eigenvalue weighted by Crippen LogP contribution is 2.38. The Morgan fingerprint density at radius 2 is 2.23 bits per heavy atom. The first-order valence-electron chi connectivity index (χ1n) is 9.38. The molecule has 0 fully saturated rings. The summed E-state index contributed by atoms with van der Waals surface area (Å²) in [5, 5.41) is 16.7. The van der Waals surface area contributed by atoms with Crippen molar-refractivity contribution in [2.24, 2.45) is 0 Å². The zero-order valence-corrected chi connectivity index (χ0v) is 16.2. The molecule has 3 aromatic rings. The Balaban J connectivity index is 1.68. The third-order valence-electron chi connectivity index (χ3n) is 4.71. The van der Waals surface area contributed by atoms with E-state index in [1.165, 1.54) is 22.2 Å². The number of fused-ring (bicyclic) bond motifs is 5. The maximum atomic E-state index is 5.43. The Morgan fingerprint density at radius 3 is 3.08 bits per heavy atom. The van der Waals surface area contributed by atoms with Crippen molar-refractivity contribution >= 4 is 33.1 Å². The van der Waals surface area contributed by atoms with Gasteiger partial charge in [-0.25, -0.2) is 0 Å². The minimum atomic E-state index is 0.550. The molecule has 0 aromatic carbocycles. The number of hydrogen-bond acceptors (Lipinski definition) is 8. The summed E-state index contributed by atoms with van der Waals surface area (Å²) in [6.45, 7) is 9.85. The highest BCUT2D eigenvalue weighted by molar-refractivity contribution is 7.19. The molecule has 0 spiro atoms. The molecule has 0 amide bonds. The predicted molar refractivity (Wildman–Crippen MR) is 103 cm³/mol. The molecule has 26 heavy (non-hydrogen) atoms. The topological polar surface area (TPSA) is 80.5 Å². The third-order valence-corrected chi connectivity index (χ3v) is 5.91. The van der Waals surface area contributed by atoms with Gasteiger partial charge in [0.1, 0.15) is 10.6 Å². The van der Waals surface area contributed by atoms with Crippen molar-refractivity contribution in [2.45, 2.75) is 39.7 Å². The summed E-state index contributed by atoms with van der Waals surface area (Å²) in [6.07, 6.45) is 3.19. The molecule has 1 aliphatic rings. The SMILES string of the molecule is CCCN1CCc2c(sc3c2c(NCCCOCC)nc2nnnn23)C1. The van der Waals surface area contributed by atoms with Gasteiger partial charge in [-0.1, -0.05) is 12.0 Å². The molecule has 9 heteroatoms. The van der Waals surface area contributed by atoms with Gasteiger partial charge in [-0.2, -0.15) is 9.50 Å². The van der Waals surface area contributed by atoms with E-state index in [0.717, 1.165) is 62.9 Å². The summed E-state index contributed by atoms with van der Waals surface area (Å²) >= 11 is 1.80. The van der Waals surface area contributed by atoms with Crippen LogP contribution in [0.3, 0.4) is 0 Å². The molecule has 1 N–H and O–H groups in total. The number of nitrogens with one attached hydrogen (secondary N) is 1. The smallest absolute Gasteiger partial charge is 0.276 e. The summed E-state index contributed by atoms with van der Waals surface area (Å²) in [6, 6.07) is 0. The van der Waals surface area contributed by atoms with E-state index in [9.17, 15) is 0 Å². The Kier molecular flexibility index (Phi) is 5.28. The molecule has 4 heterocycles. The predicted octanol–water partition coefficient (Wildman–Crippen LogP) is 2.34. The Labute approximate surface area is 156 Å². The van der Waals surface area contributed by atoms with Gasteiger partial charge in [-0.3, -0.25) is 4.90 Å². The number of tetrazole rings is 1. The summed E-state index contributed by atoms with van der Waals surface area (Å²) in [7, 11) is 0. The molecular weight excluding hydrogens is 350 g/mol. The van der Waals surface area contributed by atoms with Gasteiger partial charge in [-0.15, -0.1) is 11.3 Å². The van der Waals surface area contributed by atoms with Crippen molar-refractivity contribution in [1.82, 2.24) is 29.9 Å². The Hall–Kier alpha value is -1.84. The second-order valence-electron chi connectivity index (χ2n) is 6.54. The maximum Gasteiger partial charge on any atom is 0.276 e. The van der Waals surface area contributed by atoms with Gasteiger partial charge in [0, 0.05) is 37.7 Å². The van der Waals surface area contributed by atoms with Crippen molar-refractivity contribution in [1.29, 1.82) is 0 Å². The number of ether oxygens (including phenoxy) is 1. The van der Waals surface area contributed by atoms with Crippen LogP contribution in [0.5, 0.6) is 0 Å². The fraction of sp³-hybridized carbons (Fsp3) is 0.647. The molecule has 8 nitrogen and oxygen atoms in total. The molecule has 0 saturated heterocycles. The number of hydrogen-bond donors (Lipinski definition) is 1. The molecule has 0 aliphatic carbocycles. The average molecular weight is 376 g/mol. The van der Waals surface area contributed by atoms with Crippen LogP contribution >= 0.6 is 11.3 Å². The van der Waals surface area contributed by atoms with Crippen molar-refractivity contribution in [3.63, 3.8) is 0 Å². The van der Waals surface area contributed by atoms with Gasteiger partial charge >= 0.3 is 0 Å². The first-order valence-corrected chi connectivity index (χ1v) is 10.2. The Morgan fingerprint density at radius 1 is 1.31 bits per heavy atom. The van der Waals surface area contributed by atoms with E-state index < -0.39 is 0 Å². The number of rotatable bonds is 8. The molecule has 0 bridgehead atoms. The first kappa shape index (κ1) is 17.6. The van der Waals surface area contributed by atoms with Crippen LogP contribution in [0, 0.1) is 0 Å². The summed E-state index contributed by atoms with van der Waals surface area (Å²) < 4.78 is 7.20. The zero-order valence-electron chi connectivity index (χ0n) is 15.4. The fourth-order valence-electron chi connectivity index (χ4n) is 3.54. The second kappa shape index (κ2) is 7.81. The highest BCUT2D eigenvalue weighted by Gasteiger charge is 2.25. The molecule has 4 rings (SSSR count). The molecule has 0 atom stereocenters. The van der Waals surface area contributed by atoms with E-state index in [1.807, 2.05) is 6.92 Å². The first-order chi connectivity index (χ1) is 12.8. The molecule has 0 unspecified atom stereocenters. The lowest BCUT2D eigenvalue weighted by molar-refractivity contribution is 0.147. The van der Waals surface area contributed by atoms with Crippen LogP contribution in [0.1, 0.15) is 37.1 Å². The molecular formula is C17H25N7OS. The maximum absolute atomic E-state index is 5.43. The Bertz CT molecular complexity index is 890. The van der Waals surface area contributed by atoms with Crippen molar-refractivity contribution in [3.8, 4) is 0 Å². The van der Waals surface area contributed by atoms with Crippen LogP contribution in [0.2, 0.25) is 0 Å². The third kappa shape index (κ3) is 3.26.